The molecule has 0 saturated carbocycles. The third-order valence-electron chi connectivity index (χ3n) is 1.82. The Balaban J connectivity index is 4.13. The van der Waals surface area contributed by atoms with Crippen molar-refractivity contribution >= 4 is 5.78 Å². The van der Waals surface area contributed by atoms with Crippen LogP contribution in [-0.2, 0) is 4.79 Å². The number of rotatable bonds is 5. The lowest BCUT2D eigenvalue weighted by Crippen LogP contribution is -2.34. The molecule has 2 N–H and O–H groups in total. The van der Waals surface area contributed by atoms with Crippen LogP contribution in [0.2, 0.25) is 0 Å². The van der Waals surface area contributed by atoms with Crippen LogP contribution in [0.4, 0.5) is 4.39 Å². The highest BCUT2D eigenvalue weighted by atomic mass is 19.1. The van der Waals surface area contributed by atoms with E-state index < -0.39 is 11.5 Å². The van der Waals surface area contributed by atoms with Gasteiger partial charge in [0.05, 0.1) is 0 Å². The average Bonchev–Trinajstić information content (AvgIpc) is 1.88. The highest BCUT2D eigenvalue weighted by Crippen LogP contribution is 2.22. The molecule has 0 bridgehead atoms. The molecule has 11 heavy (non-hydrogen) atoms. The van der Waals surface area contributed by atoms with Gasteiger partial charge < -0.3 is 5.73 Å². The van der Waals surface area contributed by atoms with Gasteiger partial charge in [0.15, 0.2) is 11.5 Å². The zero-order valence-electron chi connectivity index (χ0n) is 7.19. The molecular weight excluding hydrogens is 145 g/mol. The lowest BCUT2D eigenvalue weighted by Gasteiger charge is -2.20. The Bertz CT molecular complexity index is 130. The topological polar surface area (TPSA) is 43.1 Å². The SMILES string of the molecule is CCCC(F)(CCN)C(C)=O. The van der Waals surface area contributed by atoms with Crippen molar-refractivity contribution in [3.63, 3.8) is 0 Å². The predicted molar refractivity (Wildman–Crippen MR) is 43.1 cm³/mol. The lowest BCUT2D eigenvalue weighted by molar-refractivity contribution is -0.129. The smallest absolute Gasteiger partial charge is 0.169 e. The molecule has 0 aromatic heterocycles. The molecule has 1 unspecified atom stereocenters. The summed E-state index contributed by atoms with van der Waals surface area (Å²) in [6, 6.07) is 0. The third-order valence-corrected chi connectivity index (χ3v) is 1.82. The Morgan fingerprint density at radius 1 is 1.55 bits per heavy atom. The summed E-state index contributed by atoms with van der Waals surface area (Å²) >= 11 is 0. The molecule has 0 aromatic rings. The molecule has 0 amide bonds. The second kappa shape index (κ2) is 4.44. The summed E-state index contributed by atoms with van der Waals surface area (Å²) in [5, 5.41) is 0. The van der Waals surface area contributed by atoms with Crippen LogP contribution in [0.25, 0.3) is 0 Å². The molecule has 1 atom stereocenters. The van der Waals surface area contributed by atoms with E-state index in [-0.39, 0.29) is 13.0 Å². The van der Waals surface area contributed by atoms with E-state index in [1.165, 1.54) is 6.92 Å². The first-order valence-corrected chi connectivity index (χ1v) is 3.97. The molecule has 0 aliphatic carbocycles. The molecule has 66 valence electrons. The van der Waals surface area contributed by atoms with E-state index >= 15 is 0 Å². The fourth-order valence-corrected chi connectivity index (χ4v) is 1.10. The van der Waals surface area contributed by atoms with E-state index in [0.717, 1.165) is 0 Å². The highest BCUT2D eigenvalue weighted by Gasteiger charge is 2.32. The number of hydrogen-bond acceptors (Lipinski definition) is 2. The van der Waals surface area contributed by atoms with Crippen LogP contribution in [0.1, 0.15) is 33.1 Å². The first-order valence-electron chi connectivity index (χ1n) is 3.97. The van der Waals surface area contributed by atoms with Gasteiger partial charge >= 0.3 is 0 Å². The van der Waals surface area contributed by atoms with E-state index in [4.69, 9.17) is 5.73 Å². The third kappa shape index (κ3) is 2.97. The van der Waals surface area contributed by atoms with Gasteiger partial charge in [-0.3, -0.25) is 4.79 Å². The van der Waals surface area contributed by atoms with E-state index in [1.807, 2.05) is 6.92 Å². The largest absolute Gasteiger partial charge is 0.330 e. The van der Waals surface area contributed by atoms with Gasteiger partial charge in [-0.15, -0.1) is 0 Å². The maximum Gasteiger partial charge on any atom is 0.169 e. The van der Waals surface area contributed by atoms with E-state index in [1.54, 1.807) is 0 Å². The van der Waals surface area contributed by atoms with Gasteiger partial charge in [-0.1, -0.05) is 13.3 Å². The Morgan fingerprint density at radius 3 is 2.36 bits per heavy atom. The quantitative estimate of drug-likeness (QED) is 0.662. The van der Waals surface area contributed by atoms with Crippen molar-refractivity contribution in [3.8, 4) is 0 Å². The Hall–Kier alpha value is -0.440. The van der Waals surface area contributed by atoms with Gasteiger partial charge in [0, 0.05) is 6.42 Å². The Labute approximate surface area is 67.0 Å². The summed E-state index contributed by atoms with van der Waals surface area (Å²) in [7, 11) is 0. The van der Waals surface area contributed by atoms with Crippen molar-refractivity contribution < 1.29 is 9.18 Å². The molecule has 0 radical (unpaired) electrons. The molecule has 0 aromatic carbocycles. The Kier molecular flexibility index (Phi) is 4.26. The summed E-state index contributed by atoms with van der Waals surface area (Å²) in [6.45, 7) is 3.37. The van der Waals surface area contributed by atoms with Crippen LogP contribution in [0.3, 0.4) is 0 Å². The molecule has 0 fully saturated rings. The standard InChI is InChI=1S/C8H16FNO/c1-3-4-8(9,5-6-10)7(2)11/h3-6,10H2,1-2H3. The van der Waals surface area contributed by atoms with Gasteiger partial charge in [0.2, 0.25) is 0 Å². The highest BCUT2D eigenvalue weighted by molar-refractivity contribution is 5.84. The number of carbonyl (C=O) groups is 1. The molecule has 0 spiro atoms. The number of alkyl halides is 1. The predicted octanol–water partition coefficient (Wildman–Crippen LogP) is 1.43. The summed E-state index contributed by atoms with van der Waals surface area (Å²) in [6.07, 6.45) is 1.12. The number of hydrogen-bond donors (Lipinski definition) is 1. The molecule has 0 aliphatic rings. The van der Waals surface area contributed by atoms with Gasteiger partial charge in [0.1, 0.15) is 0 Å². The minimum atomic E-state index is -1.66. The number of Topliss-reactive ketones (excluding diaryl/α,β-unsaturated/α-hetero) is 1. The fraction of sp³-hybridized carbons (Fsp3) is 0.875. The molecule has 0 aliphatic heterocycles. The Morgan fingerprint density at radius 2 is 2.09 bits per heavy atom. The van der Waals surface area contributed by atoms with Gasteiger partial charge in [0.25, 0.3) is 0 Å². The zero-order chi connectivity index (χ0) is 8.91. The van der Waals surface area contributed by atoms with E-state index in [9.17, 15) is 9.18 Å². The van der Waals surface area contributed by atoms with E-state index in [2.05, 4.69) is 0 Å². The van der Waals surface area contributed by atoms with Crippen LogP contribution in [0.15, 0.2) is 0 Å². The van der Waals surface area contributed by atoms with Crippen molar-refractivity contribution in [2.75, 3.05) is 6.54 Å². The average molecular weight is 161 g/mol. The van der Waals surface area contributed by atoms with Crippen LogP contribution in [0, 0.1) is 0 Å². The van der Waals surface area contributed by atoms with Crippen molar-refractivity contribution in [2.45, 2.75) is 38.8 Å². The van der Waals surface area contributed by atoms with Crippen LogP contribution in [0.5, 0.6) is 0 Å². The van der Waals surface area contributed by atoms with Gasteiger partial charge in [-0.25, -0.2) is 4.39 Å². The fourth-order valence-electron chi connectivity index (χ4n) is 1.10. The van der Waals surface area contributed by atoms with Gasteiger partial charge in [-0.2, -0.15) is 0 Å². The summed E-state index contributed by atoms with van der Waals surface area (Å²) in [5.74, 6) is -0.398. The lowest BCUT2D eigenvalue weighted by atomic mass is 9.92. The van der Waals surface area contributed by atoms with Crippen LogP contribution < -0.4 is 5.73 Å². The molecule has 0 heterocycles. The monoisotopic (exact) mass is 161 g/mol. The second-order valence-electron chi connectivity index (χ2n) is 2.81. The molecule has 2 nitrogen and oxygen atoms in total. The summed E-state index contributed by atoms with van der Waals surface area (Å²) in [4.78, 5) is 10.8. The second-order valence-corrected chi connectivity index (χ2v) is 2.81. The first kappa shape index (κ1) is 10.6. The number of ketones is 1. The molecular formula is C8H16FNO. The normalized spacial score (nSPS) is 16.0. The summed E-state index contributed by atoms with van der Waals surface area (Å²) < 4.78 is 13.5. The number of nitrogens with two attached hydrogens (primary N) is 1. The minimum absolute atomic E-state index is 0.149. The maximum atomic E-state index is 13.5. The molecule has 0 saturated heterocycles. The van der Waals surface area contributed by atoms with Gasteiger partial charge in [-0.05, 0) is 19.9 Å². The van der Waals surface area contributed by atoms with Crippen LogP contribution >= 0.6 is 0 Å². The van der Waals surface area contributed by atoms with E-state index in [0.29, 0.717) is 12.8 Å². The van der Waals surface area contributed by atoms with Crippen molar-refractivity contribution in [2.24, 2.45) is 5.73 Å². The zero-order valence-corrected chi connectivity index (χ0v) is 7.19. The first-order chi connectivity index (χ1) is 5.06. The number of carbonyl (C=O) groups excluding carboxylic acids is 1. The van der Waals surface area contributed by atoms with Crippen molar-refractivity contribution in [1.82, 2.24) is 0 Å². The maximum absolute atomic E-state index is 13.5. The van der Waals surface area contributed by atoms with Crippen LogP contribution in [-0.4, -0.2) is 18.0 Å². The summed E-state index contributed by atoms with van der Waals surface area (Å²) in [5.41, 5.74) is 3.53. The minimum Gasteiger partial charge on any atom is -0.330 e. The number of halogens is 1. The molecule has 0 rings (SSSR count). The molecule has 3 heteroatoms. The van der Waals surface area contributed by atoms with Crippen molar-refractivity contribution in [3.05, 3.63) is 0 Å². The van der Waals surface area contributed by atoms with Crippen molar-refractivity contribution in [1.29, 1.82) is 0 Å².